The minimum Gasteiger partial charge on any atom is -0.487 e. The lowest BCUT2D eigenvalue weighted by molar-refractivity contribution is 0.169. The summed E-state index contributed by atoms with van der Waals surface area (Å²) in [6, 6.07) is 17.3. The maximum Gasteiger partial charge on any atom is 0.133 e. The summed E-state index contributed by atoms with van der Waals surface area (Å²) >= 11 is 4.23. The zero-order valence-electron chi connectivity index (χ0n) is 11.9. The van der Waals surface area contributed by atoms with Gasteiger partial charge in [0.1, 0.15) is 11.9 Å². The van der Waals surface area contributed by atoms with E-state index in [9.17, 15) is 0 Å². The van der Waals surface area contributed by atoms with Gasteiger partial charge in [0, 0.05) is 20.3 Å². The Morgan fingerprint density at radius 3 is 2.76 bits per heavy atom. The second kappa shape index (κ2) is 7.03. The summed E-state index contributed by atoms with van der Waals surface area (Å²) in [5.74, 6) is 2.01. The Kier molecular flexibility index (Phi) is 5.08. The van der Waals surface area contributed by atoms with Crippen LogP contribution in [0.5, 0.6) is 5.75 Å². The fourth-order valence-electron chi connectivity index (χ4n) is 2.53. The SMILES string of the molecule is CNC(Cc1ccc(I)cc1)C1CSc2ccccc2O1. The van der Waals surface area contributed by atoms with Gasteiger partial charge in [0.05, 0.1) is 0 Å². The smallest absolute Gasteiger partial charge is 0.133 e. The van der Waals surface area contributed by atoms with Gasteiger partial charge in [0.2, 0.25) is 0 Å². The highest BCUT2D eigenvalue weighted by atomic mass is 127. The largest absolute Gasteiger partial charge is 0.487 e. The molecule has 0 amide bonds. The topological polar surface area (TPSA) is 21.3 Å². The molecule has 2 aromatic carbocycles. The van der Waals surface area contributed by atoms with Gasteiger partial charge in [-0.2, -0.15) is 0 Å². The Labute approximate surface area is 143 Å². The number of halogens is 1. The van der Waals surface area contributed by atoms with Crippen LogP contribution in [0.15, 0.2) is 53.4 Å². The first-order chi connectivity index (χ1) is 10.3. The van der Waals surface area contributed by atoms with E-state index in [2.05, 4.69) is 70.4 Å². The van der Waals surface area contributed by atoms with Gasteiger partial charge in [-0.15, -0.1) is 11.8 Å². The van der Waals surface area contributed by atoms with Crippen molar-refractivity contribution < 1.29 is 4.74 Å². The van der Waals surface area contributed by atoms with E-state index in [0.717, 1.165) is 17.9 Å². The number of fused-ring (bicyclic) bond motifs is 1. The van der Waals surface area contributed by atoms with Crippen LogP contribution in [0.1, 0.15) is 5.56 Å². The molecule has 110 valence electrons. The number of nitrogens with one attached hydrogen (secondary N) is 1. The van der Waals surface area contributed by atoms with Gasteiger partial charge in [0.25, 0.3) is 0 Å². The summed E-state index contributed by atoms with van der Waals surface area (Å²) in [4.78, 5) is 1.25. The highest BCUT2D eigenvalue weighted by Crippen LogP contribution is 2.36. The van der Waals surface area contributed by atoms with E-state index >= 15 is 0 Å². The first-order valence-corrected chi connectivity index (χ1v) is 9.13. The standard InChI is InChI=1S/C17H18INOS/c1-19-14(10-12-6-8-13(18)9-7-12)16-11-21-17-5-3-2-4-15(17)20-16/h2-9,14,16,19H,10-11H2,1H3. The second-order valence-corrected chi connectivity index (χ2v) is 7.45. The molecule has 0 bridgehead atoms. The average Bonchev–Trinajstić information content (AvgIpc) is 2.54. The molecule has 1 N–H and O–H groups in total. The summed E-state index contributed by atoms with van der Waals surface area (Å²) in [5.41, 5.74) is 1.35. The van der Waals surface area contributed by atoms with Crippen LogP contribution in [-0.4, -0.2) is 24.9 Å². The van der Waals surface area contributed by atoms with Crippen LogP contribution in [0, 0.1) is 3.57 Å². The minimum absolute atomic E-state index is 0.203. The van der Waals surface area contributed by atoms with Crippen molar-refractivity contribution in [2.24, 2.45) is 0 Å². The van der Waals surface area contributed by atoms with Crippen molar-refractivity contribution in [1.82, 2.24) is 5.32 Å². The minimum atomic E-state index is 0.203. The van der Waals surface area contributed by atoms with Crippen LogP contribution in [0.3, 0.4) is 0 Å². The summed E-state index contributed by atoms with van der Waals surface area (Å²) in [6.45, 7) is 0. The quantitative estimate of drug-likeness (QED) is 0.770. The van der Waals surface area contributed by atoms with Crippen molar-refractivity contribution in [2.45, 2.75) is 23.5 Å². The van der Waals surface area contributed by atoms with Crippen LogP contribution in [0.2, 0.25) is 0 Å². The lowest BCUT2D eigenvalue weighted by atomic mass is 10.0. The Balaban J connectivity index is 1.71. The van der Waals surface area contributed by atoms with Crippen molar-refractivity contribution >= 4 is 34.4 Å². The molecule has 21 heavy (non-hydrogen) atoms. The van der Waals surface area contributed by atoms with E-state index in [0.29, 0.717) is 6.04 Å². The van der Waals surface area contributed by atoms with E-state index in [1.165, 1.54) is 14.0 Å². The maximum absolute atomic E-state index is 6.20. The van der Waals surface area contributed by atoms with Gasteiger partial charge in [0.15, 0.2) is 0 Å². The van der Waals surface area contributed by atoms with E-state index in [4.69, 9.17) is 4.74 Å². The van der Waals surface area contributed by atoms with E-state index in [1.807, 2.05) is 24.9 Å². The van der Waals surface area contributed by atoms with Crippen LogP contribution in [-0.2, 0) is 6.42 Å². The number of hydrogen-bond acceptors (Lipinski definition) is 3. The monoisotopic (exact) mass is 411 g/mol. The van der Waals surface area contributed by atoms with Gasteiger partial charge in [-0.05, 0) is 65.9 Å². The van der Waals surface area contributed by atoms with E-state index in [1.54, 1.807) is 0 Å². The molecule has 1 aliphatic rings. The van der Waals surface area contributed by atoms with Crippen LogP contribution < -0.4 is 10.1 Å². The zero-order valence-corrected chi connectivity index (χ0v) is 14.9. The molecule has 2 nitrogen and oxygen atoms in total. The molecule has 2 atom stereocenters. The fraction of sp³-hybridized carbons (Fsp3) is 0.294. The van der Waals surface area contributed by atoms with Gasteiger partial charge >= 0.3 is 0 Å². The van der Waals surface area contributed by atoms with Gasteiger partial charge in [-0.1, -0.05) is 24.3 Å². The molecule has 1 heterocycles. The van der Waals surface area contributed by atoms with E-state index in [-0.39, 0.29) is 6.10 Å². The summed E-state index contributed by atoms with van der Waals surface area (Å²) in [5, 5.41) is 3.43. The van der Waals surface area contributed by atoms with Crippen molar-refractivity contribution in [3.05, 3.63) is 57.7 Å². The molecule has 0 saturated heterocycles. The lowest BCUT2D eigenvalue weighted by Gasteiger charge is -2.31. The van der Waals surface area contributed by atoms with Crippen LogP contribution in [0.25, 0.3) is 0 Å². The Morgan fingerprint density at radius 1 is 1.24 bits per heavy atom. The molecular weight excluding hydrogens is 393 g/mol. The Hall–Kier alpha value is -0.720. The van der Waals surface area contributed by atoms with Gasteiger partial charge in [-0.25, -0.2) is 0 Å². The molecule has 0 fully saturated rings. The number of benzene rings is 2. The van der Waals surface area contributed by atoms with Gasteiger partial charge < -0.3 is 10.1 Å². The first-order valence-electron chi connectivity index (χ1n) is 7.06. The molecule has 0 aromatic heterocycles. The molecule has 0 saturated carbocycles. The average molecular weight is 411 g/mol. The predicted octanol–water partition coefficient (Wildman–Crippen LogP) is 3.98. The summed E-state index contributed by atoms with van der Waals surface area (Å²) in [7, 11) is 2.02. The number of thioether (sulfide) groups is 1. The maximum atomic E-state index is 6.20. The van der Waals surface area contributed by atoms with E-state index < -0.39 is 0 Å². The zero-order chi connectivity index (χ0) is 14.7. The summed E-state index contributed by atoms with van der Waals surface area (Å²) < 4.78 is 7.47. The van der Waals surface area contributed by atoms with Gasteiger partial charge in [-0.3, -0.25) is 0 Å². The Morgan fingerprint density at radius 2 is 2.00 bits per heavy atom. The fourth-order valence-corrected chi connectivity index (χ4v) is 3.96. The number of para-hydroxylation sites is 1. The predicted molar refractivity (Wildman–Crippen MR) is 97.3 cm³/mol. The Bertz CT molecular complexity index is 602. The molecule has 4 heteroatoms. The van der Waals surface area contributed by atoms with Crippen molar-refractivity contribution in [3.63, 3.8) is 0 Å². The number of rotatable bonds is 4. The molecule has 2 unspecified atom stereocenters. The molecule has 0 aliphatic carbocycles. The number of likely N-dealkylation sites (N-methyl/N-ethyl adjacent to an activating group) is 1. The third-order valence-corrected chi connectivity index (χ3v) is 5.58. The van der Waals surface area contributed by atoms with Crippen molar-refractivity contribution in [2.75, 3.05) is 12.8 Å². The molecule has 2 aromatic rings. The van der Waals surface area contributed by atoms with Crippen LogP contribution in [0.4, 0.5) is 0 Å². The normalized spacial score (nSPS) is 18.7. The molecule has 3 rings (SSSR count). The lowest BCUT2D eigenvalue weighted by Crippen LogP contribution is -2.45. The van der Waals surface area contributed by atoms with Crippen molar-refractivity contribution in [3.8, 4) is 5.75 Å². The number of ether oxygens (including phenoxy) is 1. The van der Waals surface area contributed by atoms with Crippen LogP contribution >= 0.6 is 34.4 Å². The molecule has 0 radical (unpaired) electrons. The number of hydrogen-bond donors (Lipinski definition) is 1. The molecular formula is C17H18INOS. The van der Waals surface area contributed by atoms with Crippen molar-refractivity contribution in [1.29, 1.82) is 0 Å². The molecule has 0 spiro atoms. The second-order valence-electron chi connectivity index (χ2n) is 5.14. The third-order valence-electron chi connectivity index (χ3n) is 3.72. The molecule has 1 aliphatic heterocycles. The highest BCUT2D eigenvalue weighted by Gasteiger charge is 2.27. The highest BCUT2D eigenvalue weighted by molar-refractivity contribution is 14.1. The first kappa shape index (κ1) is 15.2. The third kappa shape index (κ3) is 3.73. The summed E-state index contributed by atoms with van der Waals surface area (Å²) in [6.07, 6.45) is 1.19.